The molecule has 1 saturated heterocycles. The number of anilines is 1. The number of aromatic nitrogens is 5. The Hall–Kier alpha value is -3.48. The van der Waals surface area contributed by atoms with Gasteiger partial charge in [0.05, 0.1) is 12.0 Å². The van der Waals surface area contributed by atoms with Crippen molar-refractivity contribution in [3.8, 4) is 5.75 Å². The molecule has 35 heavy (non-hydrogen) atoms. The predicted octanol–water partition coefficient (Wildman–Crippen LogP) is 5.00. The molecule has 0 bridgehead atoms. The minimum Gasteiger partial charge on any atom is -0.490 e. The molecule has 7 nitrogen and oxygen atoms in total. The number of nitrogens with zero attached hydrogens (tertiary/aromatic N) is 6. The number of imidazole rings is 1. The van der Waals surface area contributed by atoms with Gasteiger partial charge in [-0.2, -0.15) is 4.98 Å². The highest BCUT2D eigenvalue weighted by molar-refractivity contribution is 5.75. The summed E-state index contributed by atoms with van der Waals surface area (Å²) in [6.07, 6.45) is 8.15. The van der Waals surface area contributed by atoms with E-state index in [0.717, 1.165) is 60.9 Å². The molecule has 4 aromatic rings. The zero-order chi connectivity index (χ0) is 24.6. The van der Waals surface area contributed by atoms with Gasteiger partial charge in [-0.25, -0.2) is 9.97 Å². The Morgan fingerprint density at radius 2 is 1.77 bits per heavy atom. The smallest absolute Gasteiger partial charge is 0.227 e. The van der Waals surface area contributed by atoms with Crippen LogP contribution in [0.5, 0.6) is 5.75 Å². The second kappa shape index (κ2) is 9.29. The molecule has 1 aliphatic rings. The molecule has 0 unspecified atom stereocenters. The summed E-state index contributed by atoms with van der Waals surface area (Å²) in [5, 5.41) is 0. The summed E-state index contributed by atoms with van der Waals surface area (Å²) in [5.41, 5.74) is 6.80. The maximum atomic E-state index is 6.14. The molecular formula is C28H34N6O. The van der Waals surface area contributed by atoms with Gasteiger partial charge >= 0.3 is 0 Å². The molecule has 0 atom stereocenters. The topological polar surface area (TPSA) is 69.0 Å². The van der Waals surface area contributed by atoms with E-state index in [4.69, 9.17) is 14.7 Å². The van der Waals surface area contributed by atoms with E-state index in [1.54, 1.807) is 12.4 Å². The monoisotopic (exact) mass is 470 g/mol. The number of fused-ring (bicyclic) bond motifs is 1. The van der Waals surface area contributed by atoms with Crippen LogP contribution < -0.4 is 9.64 Å². The fraction of sp³-hybridized carbons (Fsp3) is 0.429. The minimum atomic E-state index is 0.101. The third-order valence-corrected chi connectivity index (χ3v) is 6.88. The Bertz CT molecular complexity index is 1320. The van der Waals surface area contributed by atoms with Gasteiger partial charge in [0.15, 0.2) is 5.65 Å². The Morgan fingerprint density at radius 3 is 2.49 bits per heavy atom. The van der Waals surface area contributed by atoms with Gasteiger partial charge in [0.2, 0.25) is 5.95 Å². The second-order valence-electron chi connectivity index (χ2n) is 10.6. The first-order chi connectivity index (χ1) is 16.8. The minimum absolute atomic E-state index is 0.101. The van der Waals surface area contributed by atoms with Crippen LogP contribution in [0.3, 0.4) is 0 Å². The van der Waals surface area contributed by atoms with Gasteiger partial charge in [0.25, 0.3) is 0 Å². The molecule has 182 valence electrons. The lowest BCUT2D eigenvalue weighted by Gasteiger charge is -2.32. The van der Waals surface area contributed by atoms with Crippen LogP contribution in [0.1, 0.15) is 56.0 Å². The van der Waals surface area contributed by atoms with Gasteiger partial charge in [0.1, 0.15) is 17.4 Å². The summed E-state index contributed by atoms with van der Waals surface area (Å²) in [7, 11) is 2.02. The lowest BCUT2D eigenvalue weighted by molar-refractivity contribution is 0.170. The van der Waals surface area contributed by atoms with Crippen LogP contribution in [0, 0.1) is 6.92 Å². The number of pyridine rings is 1. The summed E-state index contributed by atoms with van der Waals surface area (Å²) in [5.74, 6) is 1.64. The van der Waals surface area contributed by atoms with Gasteiger partial charge in [-0.15, -0.1) is 0 Å². The van der Waals surface area contributed by atoms with Crippen LogP contribution >= 0.6 is 0 Å². The number of benzene rings is 1. The van der Waals surface area contributed by atoms with Gasteiger partial charge in [-0.05, 0) is 41.2 Å². The molecule has 1 aliphatic heterocycles. The largest absolute Gasteiger partial charge is 0.490 e. The molecule has 0 spiro atoms. The van der Waals surface area contributed by atoms with Crippen molar-refractivity contribution in [1.29, 1.82) is 0 Å². The van der Waals surface area contributed by atoms with Crippen molar-refractivity contribution >= 4 is 17.1 Å². The van der Waals surface area contributed by atoms with Crippen LogP contribution in [0.15, 0.2) is 49.1 Å². The summed E-state index contributed by atoms with van der Waals surface area (Å²) in [6, 6.07) is 10.6. The van der Waals surface area contributed by atoms with Crippen molar-refractivity contribution in [2.24, 2.45) is 7.05 Å². The number of ether oxygens (including phenoxy) is 1. The molecule has 0 N–H and O–H groups in total. The molecule has 0 amide bonds. The van der Waals surface area contributed by atoms with E-state index in [9.17, 15) is 0 Å². The molecule has 0 radical (unpaired) electrons. The average molecular weight is 471 g/mol. The normalized spacial score (nSPS) is 15.1. The highest BCUT2D eigenvalue weighted by Crippen LogP contribution is 2.28. The summed E-state index contributed by atoms with van der Waals surface area (Å²) >= 11 is 0. The maximum absolute atomic E-state index is 6.14. The standard InChI is InChI=1S/C28H34N6O/c1-19-6-7-21(28(2,3)4)16-20(19)17-24-25-26(30-18-33(25)5)32-27(31-24)34-14-10-23(11-15-34)35-22-8-12-29-13-9-22/h6-9,12-13,16,18,23H,10-11,14-15,17H2,1-5H3. The number of hydrogen-bond acceptors (Lipinski definition) is 6. The number of aryl methyl sites for hydroxylation is 2. The van der Waals surface area contributed by atoms with Crippen LogP contribution in [0.2, 0.25) is 0 Å². The van der Waals surface area contributed by atoms with E-state index in [1.807, 2.05) is 30.1 Å². The molecule has 5 rings (SSSR count). The Balaban J connectivity index is 1.40. The molecule has 0 saturated carbocycles. The highest BCUT2D eigenvalue weighted by atomic mass is 16.5. The Labute approximate surface area is 207 Å². The van der Waals surface area contributed by atoms with E-state index >= 15 is 0 Å². The molecule has 7 heteroatoms. The van der Waals surface area contributed by atoms with Crippen molar-refractivity contribution in [3.63, 3.8) is 0 Å². The molecular weight excluding hydrogens is 436 g/mol. The van der Waals surface area contributed by atoms with Gasteiger partial charge in [0, 0.05) is 51.8 Å². The zero-order valence-electron chi connectivity index (χ0n) is 21.3. The van der Waals surface area contributed by atoms with E-state index in [2.05, 4.69) is 60.8 Å². The Kier molecular flexibility index (Phi) is 6.17. The lowest BCUT2D eigenvalue weighted by Crippen LogP contribution is -2.39. The van der Waals surface area contributed by atoms with Crippen LogP contribution in [0.4, 0.5) is 5.95 Å². The first kappa shape index (κ1) is 23.3. The van der Waals surface area contributed by atoms with E-state index < -0.39 is 0 Å². The van der Waals surface area contributed by atoms with Crippen molar-refractivity contribution in [2.45, 2.75) is 58.5 Å². The zero-order valence-corrected chi connectivity index (χ0v) is 21.3. The molecule has 1 aromatic carbocycles. The van der Waals surface area contributed by atoms with E-state index in [0.29, 0.717) is 0 Å². The molecule has 3 aromatic heterocycles. The Morgan fingerprint density at radius 1 is 1.03 bits per heavy atom. The third kappa shape index (κ3) is 4.99. The summed E-state index contributed by atoms with van der Waals surface area (Å²) in [6.45, 7) is 10.7. The van der Waals surface area contributed by atoms with Crippen LogP contribution in [-0.4, -0.2) is 43.7 Å². The van der Waals surface area contributed by atoms with E-state index in [-0.39, 0.29) is 11.5 Å². The molecule has 4 heterocycles. The van der Waals surface area contributed by atoms with E-state index in [1.165, 1.54) is 16.7 Å². The fourth-order valence-corrected chi connectivity index (χ4v) is 4.68. The quantitative estimate of drug-likeness (QED) is 0.409. The molecule has 1 fully saturated rings. The highest BCUT2D eigenvalue weighted by Gasteiger charge is 2.24. The van der Waals surface area contributed by atoms with Gasteiger partial charge in [-0.1, -0.05) is 39.0 Å². The second-order valence-corrected chi connectivity index (χ2v) is 10.6. The van der Waals surface area contributed by atoms with Crippen molar-refractivity contribution in [1.82, 2.24) is 24.5 Å². The number of rotatable bonds is 5. The van der Waals surface area contributed by atoms with Gasteiger partial charge in [-0.3, -0.25) is 4.98 Å². The first-order valence-electron chi connectivity index (χ1n) is 12.4. The number of piperidine rings is 1. The van der Waals surface area contributed by atoms with Crippen molar-refractivity contribution < 1.29 is 4.74 Å². The van der Waals surface area contributed by atoms with Crippen LogP contribution in [0.25, 0.3) is 11.2 Å². The SMILES string of the molecule is Cc1ccc(C(C)(C)C)cc1Cc1nc(N2CCC(Oc3ccncc3)CC2)nc2ncn(C)c12. The van der Waals surface area contributed by atoms with Gasteiger partial charge < -0.3 is 14.2 Å². The predicted molar refractivity (Wildman–Crippen MR) is 139 cm³/mol. The van der Waals surface area contributed by atoms with Crippen molar-refractivity contribution in [2.75, 3.05) is 18.0 Å². The lowest BCUT2D eigenvalue weighted by atomic mass is 9.84. The average Bonchev–Trinajstić information content (AvgIpc) is 3.22. The maximum Gasteiger partial charge on any atom is 0.227 e. The summed E-state index contributed by atoms with van der Waals surface area (Å²) in [4.78, 5) is 20.9. The number of hydrogen-bond donors (Lipinski definition) is 0. The van der Waals surface area contributed by atoms with Crippen LogP contribution in [-0.2, 0) is 18.9 Å². The van der Waals surface area contributed by atoms with Crippen molar-refractivity contribution in [3.05, 3.63) is 71.4 Å². The molecule has 0 aliphatic carbocycles. The fourth-order valence-electron chi connectivity index (χ4n) is 4.68. The summed E-state index contributed by atoms with van der Waals surface area (Å²) < 4.78 is 8.18. The first-order valence-corrected chi connectivity index (χ1v) is 12.4. The third-order valence-electron chi connectivity index (χ3n) is 6.88.